The molecule has 0 spiro atoms. The Balaban J connectivity index is 1.80. The molecule has 0 aliphatic carbocycles. The lowest BCUT2D eigenvalue weighted by Gasteiger charge is -2.15. The lowest BCUT2D eigenvalue weighted by molar-refractivity contribution is 0.120. The second kappa shape index (κ2) is 8.05. The molecule has 1 aromatic carbocycles. The van der Waals surface area contributed by atoms with Gasteiger partial charge in [-0.15, -0.1) is 0 Å². The average Bonchev–Trinajstić information content (AvgIpc) is 2.96. The molecule has 1 saturated heterocycles. The first-order valence-electron chi connectivity index (χ1n) is 7.47. The maximum atomic E-state index is 5.85. The highest BCUT2D eigenvalue weighted by atomic mass is 16.5. The molecule has 2 rings (SSSR count). The average molecular weight is 263 g/mol. The summed E-state index contributed by atoms with van der Waals surface area (Å²) in [5.74, 6) is 0.955. The fraction of sp³-hybridized carbons (Fsp3) is 0.625. The molecular weight excluding hydrogens is 238 g/mol. The van der Waals surface area contributed by atoms with E-state index in [2.05, 4.69) is 18.3 Å². The molecule has 0 bridgehead atoms. The molecule has 0 radical (unpaired) electrons. The molecule has 0 saturated carbocycles. The van der Waals surface area contributed by atoms with Gasteiger partial charge in [0, 0.05) is 13.2 Å². The van der Waals surface area contributed by atoms with Crippen LogP contribution >= 0.6 is 0 Å². The Morgan fingerprint density at radius 2 is 2.21 bits per heavy atom. The van der Waals surface area contributed by atoms with E-state index in [9.17, 15) is 0 Å². The van der Waals surface area contributed by atoms with Crippen molar-refractivity contribution in [3.63, 3.8) is 0 Å². The van der Waals surface area contributed by atoms with E-state index >= 15 is 0 Å². The van der Waals surface area contributed by atoms with Crippen molar-refractivity contribution < 1.29 is 9.47 Å². The first kappa shape index (κ1) is 14.2. The number of hydrogen-bond donors (Lipinski definition) is 1. The molecule has 1 unspecified atom stereocenters. The van der Waals surface area contributed by atoms with Gasteiger partial charge in [-0.05, 0) is 31.4 Å². The van der Waals surface area contributed by atoms with Crippen molar-refractivity contribution in [2.24, 2.45) is 0 Å². The summed E-state index contributed by atoms with van der Waals surface area (Å²) in [4.78, 5) is 0. The van der Waals surface area contributed by atoms with E-state index in [1.54, 1.807) is 0 Å². The third-order valence-corrected chi connectivity index (χ3v) is 3.44. The van der Waals surface area contributed by atoms with Crippen molar-refractivity contribution in [3.8, 4) is 5.75 Å². The summed E-state index contributed by atoms with van der Waals surface area (Å²) < 4.78 is 11.5. The third-order valence-electron chi connectivity index (χ3n) is 3.44. The maximum Gasteiger partial charge on any atom is 0.142 e. The zero-order chi connectivity index (χ0) is 13.3. The van der Waals surface area contributed by atoms with E-state index in [0.29, 0.717) is 6.10 Å². The van der Waals surface area contributed by atoms with E-state index in [1.165, 1.54) is 19.3 Å². The molecule has 1 heterocycles. The largest absolute Gasteiger partial charge is 0.491 e. The second-order valence-electron chi connectivity index (χ2n) is 5.07. The number of anilines is 1. The number of para-hydroxylation sites is 2. The molecule has 1 aromatic rings. The van der Waals surface area contributed by atoms with Crippen LogP contribution in [0.15, 0.2) is 24.3 Å². The molecule has 1 aliphatic heterocycles. The predicted octanol–water partition coefficient (Wildman–Crippen LogP) is 3.85. The molecule has 106 valence electrons. The van der Waals surface area contributed by atoms with E-state index in [-0.39, 0.29) is 0 Å². The Morgan fingerprint density at radius 3 is 3.00 bits per heavy atom. The number of hydrogen-bond acceptors (Lipinski definition) is 3. The van der Waals surface area contributed by atoms with Gasteiger partial charge in [0.05, 0.1) is 18.4 Å². The van der Waals surface area contributed by atoms with Crippen LogP contribution in [0, 0.1) is 0 Å². The Kier molecular flexibility index (Phi) is 6.02. The molecule has 1 N–H and O–H groups in total. The first-order chi connectivity index (χ1) is 9.40. The molecule has 1 atom stereocenters. The monoisotopic (exact) mass is 263 g/mol. The van der Waals surface area contributed by atoms with Crippen LogP contribution in [0.5, 0.6) is 5.75 Å². The van der Waals surface area contributed by atoms with Gasteiger partial charge >= 0.3 is 0 Å². The van der Waals surface area contributed by atoms with Gasteiger partial charge < -0.3 is 14.8 Å². The minimum absolute atomic E-state index is 0.355. The quantitative estimate of drug-likeness (QED) is 0.723. The summed E-state index contributed by atoms with van der Waals surface area (Å²) in [5, 5.41) is 3.45. The topological polar surface area (TPSA) is 30.5 Å². The number of rotatable bonds is 8. The van der Waals surface area contributed by atoms with Gasteiger partial charge in [-0.25, -0.2) is 0 Å². The number of nitrogens with one attached hydrogen (secondary N) is 1. The lowest BCUT2D eigenvalue weighted by atomic mass is 10.2. The van der Waals surface area contributed by atoms with Gasteiger partial charge in [0.2, 0.25) is 0 Å². The number of unbranched alkanes of at least 4 members (excludes halogenated alkanes) is 2. The zero-order valence-electron chi connectivity index (χ0n) is 11.9. The predicted molar refractivity (Wildman–Crippen MR) is 78.9 cm³/mol. The van der Waals surface area contributed by atoms with Crippen LogP contribution < -0.4 is 10.1 Å². The van der Waals surface area contributed by atoms with Crippen LogP contribution in [0.25, 0.3) is 0 Å². The smallest absolute Gasteiger partial charge is 0.142 e. The summed E-state index contributed by atoms with van der Waals surface area (Å²) in [6, 6.07) is 8.16. The molecule has 0 aromatic heterocycles. The maximum absolute atomic E-state index is 5.85. The van der Waals surface area contributed by atoms with Crippen molar-refractivity contribution >= 4 is 5.69 Å². The lowest BCUT2D eigenvalue weighted by Crippen LogP contribution is -2.18. The minimum atomic E-state index is 0.355. The molecule has 19 heavy (non-hydrogen) atoms. The van der Waals surface area contributed by atoms with Crippen molar-refractivity contribution in [1.29, 1.82) is 0 Å². The molecular formula is C16H25NO2. The Morgan fingerprint density at radius 1 is 1.32 bits per heavy atom. The van der Waals surface area contributed by atoms with Crippen molar-refractivity contribution in [2.45, 2.75) is 45.1 Å². The van der Waals surface area contributed by atoms with Gasteiger partial charge in [0.1, 0.15) is 5.75 Å². The summed E-state index contributed by atoms with van der Waals surface area (Å²) in [6.45, 7) is 4.78. The number of ether oxygens (including phenoxy) is 2. The van der Waals surface area contributed by atoms with Crippen LogP contribution in [0.1, 0.15) is 39.0 Å². The standard InChI is InChI=1S/C16H25NO2/c1-2-3-6-11-19-16-10-5-4-9-15(16)17-13-14-8-7-12-18-14/h4-5,9-10,14,17H,2-3,6-8,11-13H2,1H3. The van der Waals surface area contributed by atoms with Crippen LogP contribution in [-0.4, -0.2) is 25.9 Å². The van der Waals surface area contributed by atoms with Crippen molar-refractivity contribution in [1.82, 2.24) is 0 Å². The summed E-state index contributed by atoms with van der Waals surface area (Å²) in [7, 11) is 0. The van der Waals surface area contributed by atoms with Crippen molar-refractivity contribution in [2.75, 3.05) is 25.1 Å². The van der Waals surface area contributed by atoms with Gasteiger partial charge in [0.15, 0.2) is 0 Å². The second-order valence-corrected chi connectivity index (χ2v) is 5.07. The molecule has 3 heteroatoms. The summed E-state index contributed by atoms with van der Waals surface area (Å²) in [6.07, 6.45) is 6.27. The van der Waals surface area contributed by atoms with Gasteiger partial charge in [-0.3, -0.25) is 0 Å². The Hall–Kier alpha value is -1.22. The normalized spacial score (nSPS) is 18.5. The first-order valence-corrected chi connectivity index (χ1v) is 7.47. The highest BCUT2D eigenvalue weighted by Gasteiger charge is 2.15. The Labute approximate surface area is 116 Å². The fourth-order valence-corrected chi connectivity index (χ4v) is 2.30. The van der Waals surface area contributed by atoms with Crippen LogP contribution in [0.3, 0.4) is 0 Å². The number of benzene rings is 1. The fourth-order valence-electron chi connectivity index (χ4n) is 2.30. The van der Waals surface area contributed by atoms with E-state index < -0.39 is 0 Å². The minimum Gasteiger partial charge on any atom is -0.491 e. The van der Waals surface area contributed by atoms with Gasteiger partial charge in [-0.2, -0.15) is 0 Å². The summed E-state index contributed by atoms with van der Waals surface area (Å²) in [5.41, 5.74) is 1.08. The highest BCUT2D eigenvalue weighted by Crippen LogP contribution is 2.24. The van der Waals surface area contributed by atoms with Crippen LogP contribution in [-0.2, 0) is 4.74 Å². The SMILES string of the molecule is CCCCCOc1ccccc1NCC1CCCO1. The molecule has 1 aliphatic rings. The highest BCUT2D eigenvalue weighted by molar-refractivity contribution is 5.56. The van der Waals surface area contributed by atoms with E-state index in [0.717, 1.165) is 44.0 Å². The third kappa shape index (κ3) is 4.75. The summed E-state index contributed by atoms with van der Waals surface area (Å²) >= 11 is 0. The van der Waals surface area contributed by atoms with Gasteiger partial charge in [-0.1, -0.05) is 31.9 Å². The van der Waals surface area contributed by atoms with E-state index in [1.807, 2.05) is 18.2 Å². The van der Waals surface area contributed by atoms with E-state index in [4.69, 9.17) is 9.47 Å². The Bertz CT molecular complexity index is 362. The van der Waals surface area contributed by atoms with Gasteiger partial charge in [0.25, 0.3) is 0 Å². The molecule has 1 fully saturated rings. The van der Waals surface area contributed by atoms with Crippen LogP contribution in [0.4, 0.5) is 5.69 Å². The van der Waals surface area contributed by atoms with Crippen LogP contribution in [0.2, 0.25) is 0 Å². The van der Waals surface area contributed by atoms with Crippen molar-refractivity contribution in [3.05, 3.63) is 24.3 Å². The molecule has 0 amide bonds. The zero-order valence-corrected chi connectivity index (χ0v) is 11.9. The molecule has 3 nitrogen and oxygen atoms in total.